The van der Waals surface area contributed by atoms with Gasteiger partial charge in [0.1, 0.15) is 17.3 Å². The zero-order valence-corrected chi connectivity index (χ0v) is 21.0. The topological polar surface area (TPSA) is 77.7 Å². The Balaban J connectivity index is 1.37. The third-order valence-corrected chi connectivity index (χ3v) is 7.93. The molecule has 2 fully saturated rings. The fourth-order valence-electron chi connectivity index (χ4n) is 5.92. The number of imide groups is 1. The predicted octanol–water partition coefficient (Wildman–Crippen LogP) is 4.62. The number of hydrogen-bond donors (Lipinski definition) is 2. The van der Waals surface area contributed by atoms with Crippen molar-refractivity contribution >= 4 is 22.8 Å². The average Bonchev–Trinajstić information content (AvgIpc) is 3.62. The van der Waals surface area contributed by atoms with E-state index in [1.807, 2.05) is 61.2 Å². The Hall–Kier alpha value is -3.32. The number of H-pyrrole nitrogens is 1. The van der Waals surface area contributed by atoms with Gasteiger partial charge in [0.05, 0.1) is 6.61 Å². The van der Waals surface area contributed by atoms with Crippen LogP contribution in [0.25, 0.3) is 10.9 Å². The second-order valence-electron chi connectivity index (χ2n) is 10.5. The number of nitrogens with one attached hydrogen (secondary N) is 2. The van der Waals surface area contributed by atoms with Gasteiger partial charge in [-0.25, -0.2) is 4.79 Å². The van der Waals surface area contributed by atoms with Crippen LogP contribution in [0.15, 0.2) is 48.5 Å². The molecule has 6 rings (SSSR count). The number of carbonyl (C=O) groups excluding carboxylic acids is 2. The minimum absolute atomic E-state index is 0.100. The highest BCUT2D eigenvalue weighted by atomic mass is 16.5. The van der Waals surface area contributed by atoms with Gasteiger partial charge in [-0.15, -0.1) is 0 Å². The molecule has 188 valence electrons. The normalized spacial score (nSPS) is 23.3. The van der Waals surface area contributed by atoms with E-state index in [1.54, 1.807) is 0 Å². The van der Waals surface area contributed by atoms with Crippen LogP contribution in [-0.2, 0) is 11.2 Å². The third kappa shape index (κ3) is 3.77. The van der Waals surface area contributed by atoms with Crippen molar-refractivity contribution in [1.82, 2.24) is 20.1 Å². The smallest absolute Gasteiger partial charge is 0.328 e. The number of aromatic nitrogens is 1. The summed E-state index contributed by atoms with van der Waals surface area (Å²) in [5.41, 5.74) is 3.12. The highest BCUT2D eigenvalue weighted by Gasteiger charge is 2.59. The van der Waals surface area contributed by atoms with Gasteiger partial charge < -0.3 is 15.0 Å². The summed E-state index contributed by atoms with van der Waals surface area (Å²) >= 11 is 0. The highest BCUT2D eigenvalue weighted by molar-refractivity contribution is 6.08. The number of amides is 3. The van der Waals surface area contributed by atoms with Crippen molar-refractivity contribution in [3.63, 3.8) is 0 Å². The summed E-state index contributed by atoms with van der Waals surface area (Å²) in [5, 5.41) is 4.53. The summed E-state index contributed by atoms with van der Waals surface area (Å²) < 4.78 is 5.78. The van der Waals surface area contributed by atoms with Gasteiger partial charge in [-0.1, -0.05) is 30.3 Å². The first-order valence-corrected chi connectivity index (χ1v) is 13.2. The summed E-state index contributed by atoms with van der Waals surface area (Å²) in [7, 11) is 0. The van der Waals surface area contributed by atoms with Gasteiger partial charge in [0.2, 0.25) is 0 Å². The average molecular weight is 487 g/mol. The van der Waals surface area contributed by atoms with Crippen LogP contribution in [0.1, 0.15) is 56.0 Å². The van der Waals surface area contributed by atoms with E-state index in [0.717, 1.165) is 58.9 Å². The van der Waals surface area contributed by atoms with E-state index in [9.17, 15) is 9.59 Å². The van der Waals surface area contributed by atoms with Crippen LogP contribution >= 0.6 is 0 Å². The molecule has 1 saturated carbocycles. The van der Waals surface area contributed by atoms with Gasteiger partial charge in [-0.05, 0) is 81.4 Å². The maximum absolute atomic E-state index is 13.9. The molecule has 0 spiro atoms. The first-order chi connectivity index (χ1) is 17.5. The van der Waals surface area contributed by atoms with E-state index < -0.39 is 5.54 Å². The minimum atomic E-state index is -0.942. The number of urea groups is 1. The van der Waals surface area contributed by atoms with Gasteiger partial charge in [0, 0.05) is 29.6 Å². The van der Waals surface area contributed by atoms with Gasteiger partial charge in [0.25, 0.3) is 5.91 Å². The Bertz CT molecular complexity index is 1300. The zero-order chi connectivity index (χ0) is 24.9. The Morgan fingerprint density at radius 2 is 1.94 bits per heavy atom. The van der Waals surface area contributed by atoms with Crippen LogP contribution in [0.2, 0.25) is 0 Å². The van der Waals surface area contributed by atoms with Gasteiger partial charge in [-0.3, -0.25) is 14.6 Å². The van der Waals surface area contributed by atoms with Crippen LogP contribution in [0.3, 0.4) is 0 Å². The molecule has 36 heavy (non-hydrogen) atoms. The zero-order valence-electron chi connectivity index (χ0n) is 21.0. The van der Waals surface area contributed by atoms with Crippen molar-refractivity contribution in [3.05, 3.63) is 65.4 Å². The number of ether oxygens (including phenoxy) is 1. The van der Waals surface area contributed by atoms with Crippen LogP contribution in [0.5, 0.6) is 5.75 Å². The molecule has 3 aromatic rings. The molecule has 3 amide bonds. The van der Waals surface area contributed by atoms with Crippen LogP contribution in [0, 0.1) is 5.92 Å². The van der Waals surface area contributed by atoms with E-state index in [4.69, 9.17) is 4.74 Å². The largest absolute Gasteiger partial charge is 0.494 e. The number of nitrogens with zero attached hydrogens (tertiary/aromatic N) is 2. The van der Waals surface area contributed by atoms with Crippen molar-refractivity contribution in [2.75, 3.05) is 26.2 Å². The molecule has 3 aliphatic rings. The van der Waals surface area contributed by atoms with Crippen molar-refractivity contribution in [2.45, 2.75) is 51.1 Å². The highest BCUT2D eigenvalue weighted by Crippen LogP contribution is 2.49. The summed E-state index contributed by atoms with van der Waals surface area (Å²) in [6.45, 7) is 6.78. The molecule has 1 saturated heterocycles. The van der Waals surface area contributed by atoms with E-state index in [2.05, 4.69) is 16.4 Å². The number of rotatable bonds is 9. The molecule has 0 unspecified atom stereocenters. The van der Waals surface area contributed by atoms with E-state index in [-0.39, 0.29) is 18.0 Å². The molecule has 2 aromatic carbocycles. The van der Waals surface area contributed by atoms with E-state index >= 15 is 0 Å². The van der Waals surface area contributed by atoms with Gasteiger partial charge in [0.15, 0.2) is 0 Å². The Morgan fingerprint density at radius 3 is 2.69 bits per heavy atom. The maximum Gasteiger partial charge on any atom is 0.328 e. The lowest BCUT2D eigenvalue weighted by Gasteiger charge is -2.42. The Labute approximate surface area is 211 Å². The predicted molar refractivity (Wildman–Crippen MR) is 139 cm³/mol. The maximum atomic E-state index is 13.9. The number of benzene rings is 2. The van der Waals surface area contributed by atoms with Crippen molar-refractivity contribution in [1.29, 1.82) is 0 Å². The molecular weight excluding hydrogens is 452 g/mol. The molecule has 0 bridgehead atoms. The SMILES string of the molecule is CCOc1ccc2[nH]c3c(c2c1)C[C@@]1(C)C(=O)N(CCCNCC2CC2)C(=O)N1[C@@H]3c1ccccc1. The third-order valence-electron chi connectivity index (χ3n) is 7.93. The molecule has 7 nitrogen and oxygen atoms in total. The monoisotopic (exact) mass is 486 g/mol. The summed E-state index contributed by atoms with van der Waals surface area (Å²) in [5.74, 6) is 1.52. The van der Waals surface area contributed by atoms with Gasteiger partial charge >= 0.3 is 6.03 Å². The summed E-state index contributed by atoms with van der Waals surface area (Å²) in [6, 6.07) is 15.5. The lowest BCUT2D eigenvalue weighted by molar-refractivity contribution is -0.133. The lowest BCUT2D eigenvalue weighted by atomic mass is 9.81. The molecular formula is C29H34N4O3. The Morgan fingerprint density at radius 1 is 1.14 bits per heavy atom. The standard InChI is InChI=1S/C29H34N4O3/c1-3-36-21-12-13-24-22(16-21)23-17-29(2)27(34)32(15-7-14-30-18-19-10-11-19)28(35)33(29)26(25(23)31-24)20-8-5-4-6-9-20/h4-6,8-9,12-13,16,19,26,30-31H,3,7,10-11,14-15,17-18H2,1-2H3/t26-,29+/m1/s1. The molecule has 1 aromatic heterocycles. The lowest BCUT2D eigenvalue weighted by Crippen LogP contribution is -2.53. The second kappa shape index (κ2) is 8.96. The molecule has 2 atom stereocenters. The van der Waals surface area contributed by atoms with E-state index in [1.165, 1.54) is 17.7 Å². The first-order valence-electron chi connectivity index (χ1n) is 13.2. The number of hydrogen-bond acceptors (Lipinski definition) is 4. The summed E-state index contributed by atoms with van der Waals surface area (Å²) in [6.07, 6.45) is 3.86. The molecule has 3 heterocycles. The fraction of sp³-hybridized carbons (Fsp3) is 0.448. The molecule has 1 aliphatic carbocycles. The molecule has 0 radical (unpaired) electrons. The first kappa shape index (κ1) is 23.1. The second-order valence-corrected chi connectivity index (χ2v) is 10.5. The Kier molecular flexibility index (Phi) is 5.75. The number of fused-ring (bicyclic) bond motifs is 4. The number of carbonyl (C=O) groups is 2. The molecule has 2 N–H and O–H groups in total. The van der Waals surface area contributed by atoms with Crippen LogP contribution in [-0.4, -0.2) is 58.5 Å². The van der Waals surface area contributed by atoms with Crippen molar-refractivity contribution in [3.8, 4) is 5.75 Å². The minimum Gasteiger partial charge on any atom is -0.494 e. The molecule has 7 heteroatoms. The quantitative estimate of drug-likeness (QED) is 0.342. The summed E-state index contributed by atoms with van der Waals surface area (Å²) in [4.78, 5) is 34.6. The van der Waals surface area contributed by atoms with Crippen LogP contribution in [0.4, 0.5) is 4.79 Å². The fourth-order valence-corrected chi connectivity index (χ4v) is 5.92. The van der Waals surface area contributed by atoms with Crippen molar-refractivity contribution < 1.29 is 14.3 Å². The van der Waals surface area contributed by atoms with Crippen molar-refractivity contribution in [2.24, 2.45) is 5.92 Å². The van der Waals surface area contributed by atoms with E-state index in [0.29, 0.717) is 19.6 Å². The number of aromatic amines is 1. The molecule has 2 aliphatic heterocycles. The van der Waals surface area contributed by atoms with Gasteiger partial charge in [-0.2, -0.15) is 0 Å². The van der Waals surface area contributed by atoms with Crippen LogP contribution < -0.4 is 10.1 Å².